The van der Waals surface area contributed by atoms with Crippen LogP contribution in [-0.2, 0) is 0 Å². The molecule has 1 atom stereocenters. The quantitative estimate of drug-likeness (QED) is 0.290. The van der Waals surface area contributed by atoms with Crippen LogP contribution in [-0.4, -0.2) is 3.92 Å². The molecule has 0 aromatic heterocycles. The number of hydrogen-bond acceptors (Lipinski definition) is 0. The van der Waals surface area contributed by atoms with Crippen molar-refractivity contribution >= 4 is 22.6 Å². The maximum Gasteiger partial charge on any atom is 0.0207 e. The molecule has 1 unspecified atom stereocenters. The highest BCUT2D eigenvalue weighted by atomic mass is 127. The van der Waals surface area contributed by atoms with Crippen LogP contribution in [0.5, 0.6) is 0 Å². The first-order valence-corrected chi connectivity index (χ1v) is 8.08. The van der Waals surface area contributed by atoms with E-state index in [2.05, 4.69) is 53.8 Å². The van der Waals surface area contributed by atoms with Gasteiger partial charge in [-0.25, -0.2) is 0 Å². The maximum absolute atomic E-state index is 2.62. The number of allylic oxidation sites excluding steroid dienone is 4. The maximum atomic E-state index is 2.62. The Bertz CT molecular complexity index is 205. The fourth-order valence-corrected chi connectivity index (χ4v) is 3.10. The zero-order chi connectivity index (χ0) is 11.6. The van der Waals surface area contributed by atoms with Crippen molar-refractivity contribution in [1.82, 2.24) is 0 Å². The van der Waals surface area contributed by atoms with E-state index in [1.165, 1.54) is 51.4 Å². The lowest BCUT2D eigenvalue weighted by atomic mass is 10.0. The van der Waals surface area contributed by atoms with Crippen LogP contribution in [0.25, 0.3) is 0 Å². The zero-order valence-corrected chi connectivity index (χ0v) is 12.7. The summed E-state index contributed by atoms with van der Waals surface area (Å²) in [5.74, 6) is 0.709. The van der Waals surface area contributed by atoms with Gasteiger partial charge >= 0.3 is 0 Å². The average molecular weight is 332 g/mol. The molecule has 0 heterocycles. The molecule has 0 radical (unpaired) electrons. The van der Waals surface area contributed by atoms with Gasteiger partial charge < -0.3 is 0 Å². The van der Waals surface area contributed by atoms with Gasteiger partial charge in [0.05, 0.1) is 0 Å². The van der Waals surface area contributed by atoms with Crippen LogP contribution < -0.4 is 0 Å². The van der Waals surface area contributed by atoms with Gasteiger partial charge in [-0.15, -0.1) is 0 Å². The molecule has 0 amide bonds. The van der Waals surface area contributed by atoms with Crippen LogP contribution in [0.2, 0.25) is 0 Å². The minimum Gasteiger partial charge on any atom is -0.0816 e. The highest BCUT2D eigenvalue weighted by molar-refractivity contribution is 14.1. The molecule has 0 fully saturated rings. The van der Waals surface area contributed by atoms with Crippen LogP contribution in [0.1, 0.15) is 58.3 Å². The van der Waals surface area contributed by atoms with Crippen molar-refractivity contribution in [1.29, 1.82) is 0 Å². The SMILES string of the molecule is CCCCCCCCCC(I)C1C=CC=C1. The summed E-state index contributed by atoms with van der Waals surface area (Å²) in [7, 11) is 0. The summed E-state index contributed by atoms with van der Waals surface area (Å²) in [6.45, 7) is 2.28. The van der Waals surface area contributed by atoms with Crippen molar-refractivity contribution in [2.75, 3.05) is 0 Å². The summed E-state index contributed by atoms with van der Waals surface area (Å²) in [4.78, 5) is 0. The molecule has 1 rings (SSSR count). The molecule has 0 nitrogen and oxygen atoms in total. The predicted molar refractivity (Wildman–Crippen MR) is 82.2 cm³/mol. The van der Waals surface area contributed by atoms with Gasteiger partial charge in [0.15, 0.2) is 0 Å². The normalized spacial score (nSPS) is 17.1. The van der Waals surface area contributed by atoms with Gasteiger partial charge in [-0.3, -0.25) is 0 Å². The Morgan fingerprint density at radius 3 is 2.12 bits per heavy atom. The molecule has 1 heteroatoms. The van der Waals surface area contributed by atoms with E-state index in [1.807, 2.05) is 0 Å². The van der Waals surface area contributed by atoms with Gasteiger partial charge in [-0.05, 0) is 6.42 Å². The van der Waals surface area contributed by atoms with Crippen LogP contribution in [0, 0.1) is 5.92 Å². The first-order valence-electron chi connectivity index (χ1n) is 6.83. The molecule has 0 aliphatic heterocycles. The van der Waals surface area contributed by atoms with Gasteiger partial charge in [0.2, 0.25) is 0 Å². The Kier molecular flexibility index (Phi) is 8.26. The van der Waals surface area contributed by atoms with Gasteiger partial charge in [-0.2, -0.15) is 0 Å². The van der Waals surface area contributed by atoms with Crippen molar-refractivity contribution in [3.8, 4) is 0 Å². The van der Waals surface area contributed by atoms with Crippen LogP contribution in [0.3, 0.4) is 0 Å². The molecule has 1 aliphatic rings. The highest BCUT2D eigenvalue weighted by Gasteiger charge is 2.14. The van der Waals surface area contributed by atoms with Crippen LogP contribution >= 0.6 is 22.6 Å². The molecular formula is C15H25I. The second-order valence-electron chi connectivity index (χ2n) is 4.77. The molecule has 0 spiro atoms. The van der Waals surface area contributed by atoms with Gasteiger partial charge in [0, 0.05) is 9.84 Å². The summed E-state index contributed by atoms with van der Waals surface area (Å²) in [6.07, 6.45) is 20.4. The molecule has 0 aromatic rings. The van der Waals surface area contributed by atoms with Gasteiger partial charge in [-0.1, -0.05) is 98.8 Å². The van der Waals surface area contributed by atoms with Gasteiger partial charge in [0.1, 0.15) is 0 Å². The van der Waals surface area contributed by atoms with E-state index in [-0.39, 0.29) is 0 Å². The number of halogens is 1. The van der Waals surface area contributed by atoms with Crippen molar-refractivity contribution < 1.29 is 0 Å². The fraction of sp³-hybridized carbons (Fsp3) is 0.733. The first kappa shape index (κ1) is 14.3. The molecule has 0 aromatic carbocycles. The standard InChI is InChI=1S/C15H25I/c1-2-3-4-5-6-7-8-13-15(16)14-11-9-10-12-14/h9-12,14-15H,2-8,13H2,1H3. The van der Waals surface area contributed by atoms with E-state index < -0.39 is 0 Å². The molecule has 0 bridgehead atoms. The third kappa shape index (κ3) is 6.07. The summed E-state index contributed by atoms with van der Waals surface area (Å²) in [6, 6.07) is 0. The smallest absolute Gasteiger partial charge is 0.0207 e. The number of unbranched alkanes of at least 4 members (excludes halogenated alkanes) is 6. The minimum atomic E-state index is 0.709. The Hall–Kier alpha value is 0.210. The van der Waals surface area contributed by atoms with E-state index in [9.17, 15) is 0 Å². The number of rotatable bonds is 9. The predicted octanol–water partition coefficient (Wildman–Crippen LogP) is 5.67. The van der Waals surface area contributed by atoms with E-state index in [0.29, 0.717) is 5.92 Å². The minimum absolute atomic E-state index is 0.709. The third-order valence-electron chi connectivity index (χ3n) is 3.28. The van der Waals surface area contributed by atoms with E-state index >= 15 is 0 Å². The monoisotopic (exact) mass is 332 g/mol. The Balaban J connectivity index is 1.90. The Labute approximate surface area is 115 Å². The molecular weight excluding hydrogens is 307 g/mol. The molecule has 92 valence electrons. The van der Waals surface area contributed by atoms with Crippen molar-refractivity contribution in [3.05, 3.63) is 24.3 Å². The van der Waals surface area contributed by atoms with Crippen molar-refractivity contribution in [2.24, 2.45) is 5.92 Å². The summed E-state index contributed by atoms with van der Waals surface area (Å²) in [5, 5.41) is 0. The highest BCUT2D eigenvalue weighted by Crippen LogP contribution is 2.25. The van der Waals surface area contributed by atoms with Crippen LogP contribution in [0.4, 0.5) is 0 Å². The molecule has 0 N–H and O–H groups in total. The lowest BCUT2D eigenvalue weighted by molar-refractivity contribution is 0.562. The summed E-state index contributed by atoms with van der Waals surface area (Å²) < 4.78 is 0.809. The second kappa shape index (κ2) is 9.26. The molecule has 1 aliphatic carbocycles. The second-order valence-corrected chi connectivity index (χ2v) is 6.37. The number of hydrogen-bond donors (Lipinski definition) is 0. The lowest BCUT2D eigenvalue weighted by Gasteiger charge is -2.13. The Morgan fingerprint density at radius 2 is 1.50 bits per heavy atom. The van der Waals surface area contributed by atoms with E-state index in [4.69, 9.17) is 0 Å². The molecule has 0 saturated carbocycles. The molecule has 16 heavy (non-hydrogen) atoms. The van der Waals surface area contributed by atoms with Gasteiger partial charge in [0.25, 0.3) is 0 Å². The largest absolute Gasteiger partial charge is 0.0816 e. The summed E-state index contributed by atoms with van der Waals surface area (Å²) in [5.41, 5.74) is 0. The molecule has 0 saturated heterocycles. The number of alkyl halides is 1. The average Bonchev–Trinajstić information content (AvgIpc) is 2.81. The van der Waals surface area contributed by atoms with E-state index in [0.717, 1.165) is 3.92 Å². The van der Waals surface area contributed by atoms with E-state index in [1.54, 1.807) is 0 Å². The topological polar surface area (TPSA) is 0 Å². The fourth-order valence-electron chi connectivity index (χ4n) is 2.18. The first-order chi connectivity index (χ1) is 7.84. The van der Waals surface area contributed by atoms with Crippen LogP contribution in [0.15, 0.2) is 24.3 Å². The third-order valence-corrected chi connectivity index (χ3v) is 4.73. The van der Waals surface area contributed by atoms with Crippen molar-refractivity contribution in [3.63, 3.8) is 0 Å². The summed E-state index contributed by atoms with van der Waals surface area (Å²) >= 11 is 2.62. The van der Waals surface area contributed by atoms with Crippen molar-refractivity contribution in [2.45, 2.75) is 62.2 Å². The lowest BCUT2D eigenvalue weighted by Crippen LogP contribution is -2.07. The zero-order valence-electron chi connectivity index (χ0n) is 10.5. The Morgan fingerprint density at radius 1 is 0.938 bits per heavy atom.